The van der Waals surface area contributed by atoms with Gasteiger partial charge in [-0.3, -0.25) is 4.90 Å². The number of methoxy groups -OCH3 is 2. The molecule has 0 atom stereocenters. The Morgan fingerprint density at radius 2 is 1.90 bits per heavy atom. The molecule has 2 rings (SSSR count). The summed E-state index contributed by atoms with van der Waals surface area (Å²) in [6.45, 7) is 3.37. The lowest BCUT2D eigenvalue weighted by molar-refractivity contribution is 0.259. The molecule has 6 nitrogen and oxygen atoms in total. The van der Waals surface area contributed by atoms with Crippen LogP contribution in [0.15, 0.2) is 22.7 Å². The summed E-state index contributed by atoms with van der Waals surface area (Å²) in [6.07, 6.45) is 0.781. The third kappa shape index (κ3) is 3.95. The van der Waals surface area contributed by atoms with Crippen molar-refractivity contribution in [3.05, 3.63) is 35.5 Å². The first-order valence-electron chi connectivity index (χ1n) is 6.87. The van der Waals surface area contributed by atoms with Crippen molar-refractivity contribution in [2.75, 3.05) is 21.3 Å². The van der Waals surface area contributed by atoms with Crippen LogP contribution in [-0.2, 0) is 19.5 Å². The number of nitrogens with zero attached hydrogens (tertiary/aromatic N) is 3. The van der Waals surface area contributed by atoms with Gasteiger partial charge in [0.1, 0.15) is 0 Å². The van der Waals surface area contributed by atoms with Gasteiger partial charge in [-0.1, -0.05) is 18.1 Å². The van der Waals surface area contributed by atoms with Crippen LogP contribution in [0.3, 0.4) is 0 Å². The van der Waals surface area contributed by atoms with Crippen LogP contribution in [0.1, 0.15) is 24.2 Å². The largest absolute Gasteiger partial charge is 0.493 e. The maximum atomic E-state index is 5.31. The van der Waals surface area contributed by atoms with E-state index in [0.717, 1.165) is 35.9 Å². The SMILES string of the molecule is CCc1noc(CN(C)Cc2ccc(OC)c(OC)c2)n1. The Bertz CT molecular complexity index is 583. The van der Waals surface area contributed by atoms with Gasteiger partial charge in [0.2, 0.25) is 5.89 Å². The molecule has 0 aliphatic rings. The molecule has 0 aliphatic heterocycles. The molecule has 0 amide bonds. The average molecular weight is 291 g/mol. The molecule has 0 spiro atoms. The second kappa shape index (κ2) is 7.08. The van der Waals surface area contributed by atoms with Gasteiger partial charge in [-0.15, -0.1) is 0 Å². The highest BCUT2D eigenvalue weighted by Gasteiger charge is 2.10. The van der Waals surface area contributed by atoms with Gasteiger partial charge in [-0.2, -0.15) is 4.98 Å². The van der Waals surface area contributed by atoms with Crippen LogP contribution in [0.2, 0.25) is 0 Å². The van der Waals surface area contributed by atoms with E-state index in [4.69, 9.17) is 14.0 Å². The van der Waals surface area contributed by atoms with Gasteiger partial charge in [0.05, 0.1) is 20.8 Å². The van der Waals surface area contributed by atoms with Gasteiger partial charge in [0.15, 0.2) is 17.3 Å². The fraction of sp³-hybridized carbons (Fsp3) is 0.467. The van der Waals surface area contributed by atoms with Crippen LogP contribution in [0.25, 0.3) is 0 Å². The van der Waals surface area contributed by atoms with E-state index < -0.39 is 0 Å². The Morgan fingerprint density at radius 3 is 2.52 bits per heavy atom. The summed E-state index contributed by atoms with van der Waals surface area (Å²) in [5.74, 6) is 2.84. The minimum atomic E-state index is 0.612. The van der Waals surface area contributed by atoms with Crippen LogP contribution in [0.4, 0.5) is 0 Å². The Labute approximate surface area is 124 Å². The predicted octanol–water partition coefficient (Wildman–Crippen LogP) is 2.28. The van der Waals surface area contributed by atoms with E-state index in [9.17, 15) is 0 Å². The number of rotatable bonds is 7. The Hall–Kier alpha value is -2.08. The Kier molecular flexibility index (Phi) is 5.16. The lowest BCUT2D eigenvalue weighted by Gasteiger charge is -2.15. The van der Waals surface area contributed by atoms with Crippen molar-refractivity contribution in [3.63, 3.8) is 0 Å². The van der Waals surface area contributed by atoms with E-state index in [1.807, 2.05) is 32.2 Å². The maximum Gasteiger partial charge on any atom is 0.240 e. The lowest BCUT2D eigenvalue weighted by atomic mass is 10.2. The summed E-state index contributed by atoms with van der Waals surface area (Å²) in [6, 6.07) is 5.90. The van der Waals surface area contributed by atoms with E-state index in [0.29, 0.717) is 12.4 Å². The number of ether oxygens (including phenoxy) is 2. The Balaban J connectivity index is 2.00. The number of benzene rings is 1. The first kappa shape index (κ1) is 15.3. The van der Waals surface area contributed by atoms with Crippen LogP contribution in [-0.4, -0.2) is 36.3 Å². The number of hydrogen-bond acceptors (Lipinski definition) is 6. The van der Waals surface area contributed by atoms with E-state index in [2.05, 4.69) is 15.0 Å². The van der Waals surface area contributed by atoms with Crippen molar-refractivity contribution in [1.82, 2.24) is 15.0 Å². The summed E-state index contributed by atoms with van der Waals surface area (Å²) in [4.78, 5) is 6.41. The molecule has 21 heavy (non-hydrogen) atoms. The van der Waals surface area contributed by atoms with E-state index in [-0.39, 0.29) is 0 Å². The third-order valence-electron chi connectivity index (χ3n) is 3.13. The number of aromatic nitrogens is 2. The van der Waals surface area contributed by atoms with Crippen molar-refractivity contribution in [3.8, 4) is 11.5 Å². The molecule has 114 valence electrons. The molecule has 1 aromatic heterocycles. The summed E-state index contributed by atoms with van der Waals surface area (Å²) in [5.41, 5.74) is 1.13. The van der Waals surface area contributed by atoms with Crippen LogP contribution in [0.5, 0.6) is 11.5 Å². The topological polar surface area (TPSA) is 60.6 Å². The minimum Gasteiger partial charge on any atom is -0.493 e. The summed E-state index contributed by atoms with van der Waals surface area (Å²) in [5, 5.41) is 3.90. The van der Waals surface area contributed by atoms with Gasteiger partial charge >= 0.3 is 0 Å². The van der Waals surface area contributed by atoms with Gasteiger partial charge < -0.3 is 14.0 Å². The van der Waals surface area contributed by atoms with E-state index in [1.54, 1.807) is 14.2 Å². The number of aryl methyl sites for hydroxylation is 1. The standard InChI is InChI=1S/C15H21N3O3/c1-5-14-16-15(21-17-14)10-18(2)9-11-6-7-12(19-3)13(8-11)20-4/h6-8H,5,9-10H2,1-4H3. The van der Waals surface area contributed by atoms with Crippen molar-refractivity contribution in [1.29, 1.82) is 0 Å². The molecule has 2 aromatic rings. The van der Waals surface area contributed by atoms with Crippen molar-refractivity contribution in [2.24, 2.45) is 0 Å². The quantitative estimate of drug-likeness (QED) is 0.780. The minimum absolute atomic E-state index is 0.612. The molecule has 0 N–H and O–H groups in total. The average Bonchev–Trinajstić information content (AvgIpc) is 2.94. The fourth-order valence-electron chi connectivity index (χ4n) is 2.08. The van der Waals surface area contributed by atoms with Crippen molar-refractivity contribution < 1.29 is 14.0 Å². The van der Waals surface area contributed by atoms with Crippen LogP contribution < -0.4 is 9.47 Å². The smallest absolute Gasteiger partial charge is 0.240 e. The van der Waals surface area contributed by atoms with Crippen molar-refractivity contribution in [2.45, 2.75) is 26.4 Å². The first-order chi connectivity index (χ1) is 10.2. The zero-order valence-corrected chi connectivity index (χ0v) is 12.9. The molecule has 0 saturated carbocycles. The summed E-state index contributed by atoms with van der Waals surface area (Å²) in [7, 11) is 5.27. The second-order valence-corrected chi connectivity index (χ2v) is 4.82. The maximum absolute atomic E-state index is 5.31. The highest BCUT2D eigenvalue weighted by molar-refractivity contribution is 5.42. The van der Waals surface area contributed by atoms with E-state index >= 15 is 0 Å². The van der Waals surface area contributed by atoms with E-state index in [1.165, 1.54) is 0 Å². The second-order valence-electron chi connectivity index (χ2n) is 4.82. The highest BCUT2D eigenvalue weighted by Crippen LogP contribution is 2.28. The first-order valence-corrected chi connectivity index (χ1v) is 6.87. The molecule has 0 saturated heterocycles. The van der Waals surface area contributed by atoms with Crippen molar-refractivity contribution >= 4 is 0 Å². The van der Waals surface area contributed by atoms with Gasteiger partial charge in [-0.05, 0) is 24.7 Å². The molecule has 0 radical (unpaired) electrons. The molecule has 1 aromatic carbocycles. The molecular weight excluding hydrogens is 270 g/mol. The molecule has 0 unspecified atom stereocenters. The molecule has 1 heterocycles. The molecule has 6 heteroatoms. The number of hydrogen-bond donors (Lipinski definition) is 0. The highest BCUT2D eigenvalue weighted by atomic mass is 16.5. The fourth-order valence-corrected chi connectivity index (χ4v) is 2.08. The van der Waals surface area contributed by atoms with Gasteiger partial charge in [-0.25, -0.2) is 0 Å². The summed E-state index contributed by atoms with van der Waals surface area (Å²) < 4.78 is 15.7. The molecule has 0 bridgehead atoms. The zero-order valence-electron chi connectivity index (χ0n) is 12.9. The third-order valence-corrected chi connectivity index (χ3v) is 3.13. The van der Waals surface area contributed by atoms with Gasteiger partial charge in [0.25, 0.3) is 0 Å². The Morgan fingerprint density at radius 1 is 1.14 bits per heavy atom. The summed E-state index contributed by atoms with van der Waals surface area (Å²) >= 11 is 0. The van der Waals surface area contributed by atoms with Crippen LogP contribution >= 0.6 is 0 Å². The monoisotopic (exact) mass is 291 g/mol. The predicted molar refractivity (Wildman–Crippen MR) is 78.4 cm³/mol. The molecular formula is C15H21N3O3. The molecule has 0 fully saturated rings. The molecule has 0 aliphatic carbocycles. The van der Waals surface area contributed by atoms with Gasteiger partial charge in [0, 0.05) is 13.0 Å². The zero-order chi connectivity index (χ0) is 15.2. The lowest BCUT2D eigenvalue weighted by Crippen LogP contribution is -2.17. The normalized spacial score (nSPS) is 10.9. The van der Waals surface area contributed by atoms with Crippen LogP contribution in [0, 0.1) is 0 Å².